The average Bonchev–Trinajstić information content (AvgIpc) is 3.35. The summed E-state index contributed by atoms with van der Waals surface area (Å²) in [6.45, 7) is 3.47. The van der Waals surface area contributed by atoms with Crippen LogP contribution in [0.15, 0.2) is 46.3 Å². The van der Waals surface area contributed by atoms with Gasteiger partial charge >= 0.3 is 0 Å². The van der Waals surface area contributed by atoms with Gasteiger partial charge in [-0.1, -0.05) is 19.1 Å². The molecule has 0 radical (unpaired) electrons. The second kappa shape index (κ2) is 9.24. The fourth-order valence-corrected chi connectivity index (χ4v) is 3.32. The molecule has 2 amide bonds. The van der Waals surface area contributed by atoms with Crippen molar-refractivity contribution in [3.05, 3.63) is 65.1 Å². The lowest BCUT2D eigenvalue weighted by molar-refractivity contribution is -0.117. The predicted octanol–water partition coefficient (Wildman–Crippen LogP) is 3.85. The van der Waals surface area contributed by atoms with Gasteiger partial charge in [0.2, 0.25) is 17.7 Å². The van der Waals surface area contributed by atoms with Gasteiger partial charge in [0.15, 0.2) is 5.13 Å². The third-order valence-corrected chi connectivity index (χ3v) is 4.72. The Morgan fingerprint density at radius 2 is 2.14 bits per heavy atom. The van der Waals surface area contributed by atoms with Crippen LogP contribution in [-0.4, -0.2) is 21.8 Å². The summed E-state index contributed by atoms with van der Waals surface area (Å²) in [5.74, 6) is -0.0400. The molecule has 0 saturated heterocycles. The maximum absolute atomic E-state index is 14.1. The molecule has 0 aliphatic carbocycles. The summed E-state index contributed by atoms with van der Waals surface area (Å²) >= 11 is 1.18. The van der Waals surface area contributed by atoms with Crippen molar-refractivity contribution in [3.63, 3.8) is 0 Å². The van der Waals surface area contributed by atoms with Crippen LogP contribution in [0.1, 0.15) is 31.2 Å². The molecule has 3 aromatic rings. The number of nitrogens with zero attached hydrogens (tertiary/aromatic N) is 3. The number of nitrogens with one attached hydrogen (secondary N) is 1. The van der Waals surface area contributed by atoms with Crippen LogP contribution in [-0.2, 0) is 22.6 Å². The highest BCUT2D eigenvalue weighted by molar-refractivity contribution is 7.14. The largest absolute Gasteiger partial charge is 0.444 e. The van der Waals surface area contributed by atoms with Crippen LogP contribution in [0.3, 0.4) is 0 Å². The molecule has 1 N–H and O–H groups in total. The summed E-state index contributed by atoms with van der Waals surface area (Å²) in [5, 5.41) is 4.66. The maximum atomic E-state index is 14.1. The Morgan fingerprint density at radius 3 is 2.83 bits per heavy atom. The third-order valence-electron chi connectivity index (χ3n) is 3.88. The number of oxazole rings is 1. The molecule has 150 valence electrons. The van der Waals surface area contributed by atoms with Crippen molar-refractivity contribution in [2.75, 3.05) is 4.90 Å². The Hall–Kier alpha value is -3.33. The normalized spacial score (nSPS) is 11.0. The van der Waals surface area contributed by atoms with E-state index in [-0.39, 0.29) is 24.0 Å². The first-order chi connectivity index (χ1) is 14.0. The number of aryl methyl sites for hydroxylation is 1. The van der Waals surface area contributed by atoms with Gasteiger partial charge in [-0.15, -0.1) is 11.3 Å². The van der Waals surface area contributed by atoms with Crippen LogP contribution in [0.2, 0.25) is 0 Å². The van der Waals surface area contributed by atoms with Crippen molar-refractivity contribution in [1.29, 1.82) is 0 Å². The minimum atomic E-state index is -0.521. The fourth-order valence-electron chi connectivity index (χ4n) is 2.47. The summed E-state index contributed by atoms with van der Waals surface area (Å²) < 4.78 is 19.5. The van der Waals surface area contributed by atoms with Gasteiger partial charge in [0.25, 0.3) is 0 Å². The number of thiazole rings is 1. The number of carbonyl (C=O) groups excluding carboxylic acids is 2. The number of benzene rings is 1. The van der Waals surface area contributed by atoms with Crippen molar-refractivity contribution in [3.8, 4) is 0 Å². The van der Waals surface area contributed by atoms with Crippen molar-refractivity contribution in [1.82, 2.24) is 15.3 Å². The van der Waals surface area contributed by atoms with Crippen molar-refractivity contribution < 1.29 is 18.4 Å². The molecule has 7 nitrogen and oxygen atoms in total. The molecular formula is C20H19FN4O3S. The molecule has 0 saturated carbocycles. The summed E-state index contributed by atoms with van der Waals surface area (Å²) in [7, 11) is 0. The lowest BCUT2D eigenvalue weighted by atomic mass is 10.3. The molecule has 0 unspecified atom stereocenters. The zero-order chi connectivity index (χ0) is 20.8. The van der Waals surface area contributed by atoms with Gasteiger partial charge in [0.05, 0.1) is 24.1 Å². The molecule has 9 heteroatoms. The molecular weight excluding hydrogens is 395 g/mol. The lowest BCUT2D eigenvalue weighted by Gasteiger charge is -2.18. The highest BCUT2D eigenvalue weighted by atomic mass is 32.1. The number of hydrogen-bond donors (Lipinski definition) is 1. The second-order valence-electron chi connectivity index (χ2n) is 5.99. The Morgan fingerprint density at radius 1 is 1.34 bits per heavy atom. The van der Waals surface area contributed by atoms with Gasteiger partial charge in [-0.05, 0) is 18.2 Å². The number of aromatic nitrogens is 2. The predicted molar refractivity (Wildman–Crippen MR) is 108 cm³/mol. The van der Waals surface area contributed by atoms with Gasteiger partial charge < -0.3 is 9.73 Å². The van der Waals surface area contributed by atoms with E-state index in [0.29, 0.717) is 16.7 Å². The van der Waals surface area contributed by atoms with Gasteiger partial charge in [0.1, 0.15) is 11.6 Å². The number of amides is 2. The van der Waals surface area contributed by atoms with Gasteiger partial charge in [-0.25, -0.2) is 14.4 Å². The van der Waals surface area contributed by atoms with E-state index in [9.17, 15) is 14.0 Å². The van der Waals surface area contributed by atoms with E-state index in [2.05, 4.69) is 15.3 Å². The monoisotopic (exact) mass is 414 g/mol. The molecule has 0 atom stereocenters. The van der Waals surface area contributed by atoms with Crippen LogP contribution in [0.5, 0.6) is 0 Å². The van der Waals surface area contributed by atoms with E-state index < -0.39 is 5.82 Å². The van der Waals surface area contributed by atoms with Crippen LogP contribution in [0, 0.1) is 5.82 Å². The first-order valence-electron chi connectivity index (χ1n) is 8.88. The molecule has 3 rings (SSSR count). The first kappa shape index (κ1) is 20.4. The topological polar surface area (TPSA) is 88.3 Å². The summed E-state index contributed by atoms with van der Waals surface area (Å²) in [6.07, 6.45) is 5.20. The Bertz CT molecular complexity index is 1040. The second-order valence-corrected chi connectivity index (χ2v) is 6.82. The third kappa shape index (κ3) is 5.14. The van der Waals surface area contributed by atoms with E-state index in [1.807, 2.05) is 6.92 Å². The van der Waals surface area contributed by atoms with Gasteiger partial charge in [-0.3, -0.25) is 14.5 Å². The zero-order valence-electron chi connectivity index (χ0n) is 15.9. The molecule has 2 heterocycles. The Labute approximate surface area is 170 Å². The number of para-hydroxylation sites is 1. The van der Waals surface area contributed by atoms with Gasteiger partial charge in [-0.2, -0.15) is 0 Å². The highest BCUT2D eigenvalue weighted by Gasteiger charge is 2.20. The van der Waals surface area contributed by atoms with E-state index in [1.165, 1.54) is 47.4 Å². The molecule has 29 heavy (non-hydrogen) atoms. The standard InChI is InChI=1S/C20H19FN4O3S/c1-3-15-10-23-19(28-15)11-22-18(27)9-8-14-12-29-20(24-14)25(13(2)26)17-7-5-4-6-16(17)21/h4-10,12H,3,11H2,1-2H3,(H,22,27)/b9-8+. The van der Waals surface area contributed by atoms with E-state index >= 15 is 0 Å². The van der Waals surface area contributed by atoms with Crippen LogP contribution in [0.4, 0.5) is 15.2 Å². The SMILES string of the molecule is CCc1cnc(CNC(=O)/C=C/c2csc(N(C(C)=O)c3ccccc3F)n2)o1. The number of anilines is 2. The molecule has 0 aliphatic heterocycles. The maximum Gasteiger partial charge on any atom is 0.244 e. The Kier molecular flexibility index (Phi) is 6.50. The molecule has 1 aromatic carbocycles. The van der Waals surface area contributed by atoms with Crippen LogP contribution >= 0.6 is 11.3 Å². The minimum Gasteiger partial charge on any atom is -0.444 e. The number of rotatable bonds is 7. The summed E-state index contributed by atoms with van der Waals surface area (Å²) in [4.78, 5) is 33.6. The highest BCUT2D eigenvalue weighted by Crippen LogP contribution is 2.30. The van der Waals surface area contributed by atoms with Crippen LogP contribution < -0.4 is 10.2 Å². The summed E-state index contributed by atoms with van der Waals surface area (Å²) in [5.41, 5.74) is 0.604. The number of halogens is 1. The van der Waals surface area contributed by atoms with Crippen LogP contribution in [0.25, 0.3) is 6.08 Å². The van der Waals surface area contributed by atoms with E-state index in [1.54, 1.807) is 23.7 Å². The van der Waals surface area contributed by atoms with Crippen molar-refractivity contribution >= 4 is 40.0 Å². The molecule has 2 aromatic heterocycles. The Balaban J connectivity index is 1.66. The molecule has 0 aliphatic rings. The van der Waals surface area contributed by atoms with E-state index in [0.717, 1.165) is 12.2 Å². The number of carbonyl (C=O) groups is 2. The first-order valence-corrected chi connectivity index (χ1v) is 9.76. The molecule has 0 fully saturated rings. The minimum absolute atomic E-state index is 0.125. The van der Waals surface area contributed by atoms with E-state index in [4.69, 9.17) is 4.42 Å². The average molecular weight is 414 g/mol. The zero-order valence-corrected chi connectivity index (χ0v) is 16.7. The van der Waals surface area contributed by atoms with Crippen molar-refractivity contribution in [2.24, 2.45) is 0 Å². The molecule has 0 spiro atoms. The lowest BCUT2D eigenvalue weighted by Crippen LogP contribution is -2.23. The van der Waals surface area contributed by atoms with Crippen molar-refractivity contribution in [2.45, 2.75) is 26.8 Å². The smallest absolute Gasteiger partial charge is 0.244 e. The quantitative estimate of drug-likeness (QED) is 0.594. The molecule has 0 bridgehead atoms. The van der Waals surface area contributed by atoms with Gasteiger partial charge in [0, 0.05) is 24.8 Å². The fraction of sp³-hybridized carbons (Fsp3) is 0.200. The number of hydrogen-bond acceptors (Lipinski definition) is 6. The summed E-state index contributed by atoms with van der Waals surface area (Å²) in [6, 6.07) is 5.98.